The van der Waals surface area contributed by atoms with Gasteiger partial charge in [0, 0.05) is 23.3 Å². The Balaban J connectivity index is 1.66. The fraction of sp³-hybridized carbons (Fsp3) is 0.227. The number of unbranched alkanes of at least 4 members (excludes halogenated alkanes) is 2. The lowest BCUT2D eigenvalue weighted by Gasteiger charge is -2.06. The van der Waals surface area contributed by atoms with Gasteiger partial charge in [-0.15, -0.1) is 0 Å². The number of pyridine rings is 1. The summed E-state index contributed by atoms with van der Waals surface area (Å²) in [6.07, 6.45) is 7.66. The number of hydrogen-bond donors (Lipinski definition) is 0. The van der Waals surface area contributed by atoms with Crippen LogP contribution >= 0.6 is 0 Å². The minimum atomic E-state index is 0.771. The predicted molar refractivity (Wildman–Crippen MR) is 103 cm³/mol. The van der Waals surface area contributed by atoms with Gasteiger partial charge in [-0.2, -0.15) is 0 Å². The molecule has 4 aromatic rings. The van der Waals surface area contributed by atoms with Gasteiger partial charge in [0.2, 0.25) is 0 Å². The van der Waals surface area contributed by atoms with Crippen molar-refractivity contribution in [3.63, 3.8) is 0 Å². The van der Waals surface area contributed by atoms with Crippen LogP contribution in [0.25, 0.3) is 27.7 Å². The van der Waals surface area contributed by atoms with Crippen molar-refractivity contribution < 1.29 is 4.74 Å². The first kappa shape index (κ1) is 15.7. The minimum Gasteiger partial charge on any atom is -0.494 e. The molecular weight excluding hydrogens is 308 g/mol. The van der Waals surface area contributed by atoms with Crippen molar-refractivity contribution in [2.24, 2.45) is 0 Å². The highest BCUT2D eigenvalue weighted by atomic mass is 16.5. The molecule has 0 amide bonds. The number of nitrogens with zero attached hydrogens (tertiary/aromatic N) is 2. The van der Waals surface area contributed by atoms with Crippen molar-refractivity contribution in [1.82, 2.24) is 9.38 Å². The molecule has 2 heterocycles. The summed E-state index contributed by atoms with van der Waals surface area (Å²) >= 11 is 0. The number of benzene rings is 2. The van der Waals surface area contributed by atoms with Gasteiger partial charge in [0.05, 0.1) is 12.3 Å². The van der Waals surface area contributed by atoms with E-state index in [1.807, 2.05) is 12.1 Å². The van der Waals surface area contributed by atoms with Crippen LogP contribution in [0.4, 0.5) is 0 Å². The average Bonchev–Trinajstić information content (AvgIpc) is 3.10. The lowest BCUT2D eigenvalue weighted by atomic mass is 10.1. The Morgan fingerprint density at radius 3 is 2.84 bits per heavy atom. The number of hydrogen-bond acceptors (Lipinski definition) is 2. The molecule has 0 aliphatic carbocycles. The van der Waals surface area contributed by atoms with Gasteiger partial charge in [-0.05, 0) is 30.0 Å². The number of imidazole rings is 1. The summed E-state index contributed by atoms with van der Waals surface area (Å²) in [5, 5.41) is 2.38. The van der Waals surface area contributed by atoms with E-state index in [1.165, 1.54) is 23.6 Å². The van der Waals surface area contributed by atoms with E-state index in [0.29, 0.717) is 0 Å². The smallest absolute Gasteiger partial charge is 0.145 e. The second-order valence-electron chi connectivity index (χ2n) is 6.34. The van der Waals surface area contributed by atoms with E-state index in [0.717, 1.165) is 35.7 Å². The monoisotopic (exact) mass is 330 g/mol. The number of rotatable bonds is 6. The van der Waals surface area contributed by atoms with Gasteiger partial charge < -0.3 is 9.14 Å². The van der Waals surface area contributed by atoms with Gasteiger partial charge in [0.15, 0.2) is 0 Å². The van der Waals surface area contributed by atoms with Gasteiger partial charge in [-0.1, -0.05) is 56.2 Å². The van der Waals surface area contributed by atoms with Crippen LogP contribution in [0.3, 0.4) is 0 Å². The highest BCUT2D eigenvalue weighted by Gasteiger charge is 2.08. The van der Waals surface area contributed by atoms with Crippen LogP contribution in [-0.2, 0) is 0 Å². The van der Waals surface area contributed by atoms with Crippen LogP contribution in [0.15, 0.2) is 67.0 Å². The maximum absolute atomic E-state index is 5.88. The summed E-state index contributed by atoms with van der Waals surface area (Å²) in [7, 11) is 0. The molecule has 0 bridgehead atoms. The standard InChI is InChI=1S/C22H22N2O/c1-2-3-6-14-25-19-10-7-9-18(15-19)21-16-24-13-12-17-8-4-5-11-20(17)22(24)23-21/h4-5,7-13,15-16H,2-3,6,14H2,1H3. The Morgan fingerprint density at radius 1 is 1.00 bits per heavy atom. The molecule has 0 saturated heterocycles. The fourth-order valence-corrected chi connectivity index (χ4v) is 3.14. The van der Waals surface area contributed by atoms with E-state index in [9.17, 15) is 0 Å². The molecule has 2 aromatic heterocycles. The first-order chi connectivity index (χ1) is 12.3. The van der Waals surface area contributed by atoms with Crippen molar-refractivity contribution in [3.8, 4) is 17.0 Å². The molecule has 0 N–H and O–H groups in total. The molecule has 3 heteroatoms. The summed E-state index contributed by atoms with van der Waals surface area (Å²) < 4.78 is 7.97. The highest BCUT2D eigenvalue weighted by molar-refractivity contribution is 5.94. The SMILES string of the molecule is CCCCCOc1cccc(-c2cn3ccc4ccccc4c3n2)c1. The third-order valence-electron chi connectivity index (χ3n) is 4.50. The molecule has 0 aliphatic rings. The predicted octanol–water partition coefficient (Wildman–Crippen LogP) is 5.72. The largest absolute Gasteiger partial charge is 0.494 e. The Morgan fingerprint density at radius 2 is 1.92 bits per heavy atom. The fourth-order valence-electron chi connectivity index (χ4n) is 3.14. The molecule has 4 rings (SSSR count). The molecule has 3 nitrogen and oxygen atoms in total. The van der Waals surface area contributed by atoms with Crippen molar-refractivity contribution in [2.75, 3.05) is 6.61 Å². The van der Waals surface area contributed by atoms with Crippen LogP contribution in [0.2, 0.25) is 0 Å². The first-order valence-corrected chi connectivity index (χ1v) is 8.95. The Hall–Kier alpha value is -2.81. The second-order valence-corrected chi connectivity index (χ2v) is 6.34. The quantitative estimate of drug-likeness (QED) is 0.422. The lowest BCUT2D eigenvalue weighted by Crippen LogP contribution is -1.96. The second kappa shape index (κ2) is 6.98. The summed E-state index contributed by atoms with van der Waals surface area (Å²) in [5.74, 6) is 0.913. The van der Waals surface area contributed by atoms with Crippen molar-refractivity contribution in [2.45, 2.75) is 26.2 Å². The molecule has 0 radical (unpaired) electrons. The Bertz CT molecular complexity index is 1000. The van der Waals surface area contributed by atoms with Crippen LogP contribution in [0.5, 0.6) is 5.75 Å². The van der Waals surface area contributed by atoms with Crippen LogP contribution in [0, 0.1) is 0 Å². The third kappa shape index (κ3) is 3.22. The molecular formula is C22H22N2O. The zero-order chi connectivity index (χ0) is 17.1. The summed E-state index contributed by atoms with van der Waals surface area (Å²) in [5.41, 5.74) is 3.04. The van der Waals surface area contributed by atoms with Gasteiger partial charge in [-0.25, -0.2) is 4.98 Å². The van der Waals surface area contributed by atoms with Crippen LogP contribution in [0.1, 0.15) is 26.2 Å². The van der Waals surface area contributed by atoms with E-state index in [1.54, 1.807) is 0 Å². The highest BCUT2D eigenvalue weighted by Crippen LogP contribution is 2.26. The van der Waals surface area contributed by atoms with E-state index < -0.39 is 0 Å². The third-order valence-corrected chi connectivity index (χ3v) is 4.50. The van der Waals surface area contributed by atoms with Crippen LogP contribution in [-0.4, -0.2) is 16.0 Å². The van der Waals surface area contributed by atoms with Crippen molar-refractivity contribution >= 4 is 16.4 Å². The first-order valence-electron chi connectivity index (χ1n) is 8.95. The van der Waals surface area contributed by atoms with Crippen molar-refractivity contribution in [3.05, 3.63) is 67.0 Å². The molecule has 0 aliphatic heterocycles. The maximum Gasteiger partial charge on any atom is 0.145 e. The van der Waals surface area contributed by atoms with Crippen LogP contribution < -0.4 is 4.74 Å². The number of fused-ring (bicyclic) bond motifs is 3. The normalized spacial score (nSPS) is 11.2. The molecule has 126 valence electrons. The van der Waals surface area contributed by atoms with Gasteiger partial charge >= 0.3 is 0 Å². The zero-order valence-corrected chi connectivity index (χ0v) is 14.5. The van der Waals surface area contributed by atoms with E-state index in [4.69, 9.17) is 9.72 Å². The molecule has 0 saturated carbocycles. The summed E-state index contributed by atoms with van der Waals surface area (Å²) in [4.78, 5) is 4.87. The van der Waals surface area contributed by atoms with Gasteiger partial charge in [0.25, 0.3) is 0 Å². The Kier molecular flexibility index (Phi) is 4.38. The molecule has 0 spiro atoms. The van der Waals surface area contributed by atoms with E-state index >= 15 is 0 Å². The summed E-state index contributed by atoms with van der Waals surface area (Å²) in [6.45, 7) is 2.97. The molecule has 0 fully saturated rings. The van der Waals surface area contributed by atoms with Gasteiger partial charge in [0.1, 0.15) is 11.4 Å². The molecule has 0 unspecified atom stereocenters. The Labute approximate surface area is 147 Å². The zero-order valence-electron chi connectivity index (χ0n) is 14.5. The molecule has 0 atom stereocenters. The van der Waals surface area contributed by atoms with Gasteiger partial charge in [-0.3, -0.25) is 0 Å². The maximum atomic E-state index is 5.88. The summed E-state index contributed by atoms with van der Waals surface area (Å²) in [6, 6.07) is 18.7. The van der Waals surface area contributed by atoms with E-state index in [2.05, 4.69) is 66.2 Å². The number of aromatic nitrogens is 2. The molecule has 25 heavy (non-hydrogen) atoms. The average molecular weight is 330 g/mol. The number of ether oxygens (including phenoxy) is 1. The van der Waals surface area contributed by atoms with Crippen molar-refractivity contribution in [1.29, 1.82) is 0 Å². The molecule has 2 aromatic carbocycles. The topological polar surface area (TPSA) is 26.5 Å². The lowest BCUT2D eigenvalue weighted by molar-refractivity contribution is 0.306. The minimum absolute atomic E-state index is 0.771. The van der Waals surface area contributed by atoms with E-state index in [-0.39, 0.29) is 0 Å².